The number of unbranched alkanes of at least 4 members (excludes halogenated alkanes) is 3. The Morgan fingerprint density at radius 1 is 0.614 bits per heavy atom. The zero-order chi connectivity index (χ0) is 30.8. The number of methoxy groups -OCH3 is 3. The van der Waals surface area contributed by atoms with Crippen molar-refractivity contribution >= 4 is 78.2 Å². The summed E-state index contributed by atoms with van der Waals surface area (Å²) in [5.74, 6) is 1.88. The van der Waals surface area contributed by atoms with Crippen molar-refractivity contribution in [2.24, 2.45) is 0 Å². The number of nitrogens with one attached hydrogen (secondary N) is 2. The molecule has 5 heterocycles. The molecule has 4 aromatic rings. The van der Waals surface area contributed by atoms with Crippen LogP contribution in [0.1, 0.15) is 60.9 Å². The van der Waals surface area contributed by atoms with Gasteiger partial charge in [0.1, 0.15) is 17.2 Å². The van der Waals surface area contributed by atoms with Crippen molar-refractivity contribution < 1.29 is 14.2 Å². The Balaban J connectivity index is 1.70. The van der Waals surface area contributed by atoms with Gasteiger partial charge in [-0.05, 0) is 93.3 Å². The predicted octanol–water partition coefficient (Wildman–Crippen LogP) is 10.00. The third-order valence-electron chi connectivity index (χ3n) is 7.98. The van der Waals surface area contributed by atoms with Gasteiger partial charge in [-0.25, -0.2) is 9.97 Å². The minimum atomic E-state index is 0.621. The SMILES string of the molecule is CCCCCCc1c2nc(c(Br)c3ccc([nH]3)c(-c3c(OC)cc(OC)cc3OC)c3ccc([nH]3)c(Br)c3nc1C=C3)C=C2. The van der Waals surface area contributed by atoms with Gasteiger partial charge in [0, 0.05) is 34.3 Å². The lowest BCUT2D eigenvalue weighted by atomic mass is 10.0. The second-order valence-electron chi connectivity index (χ2n) is 10.7. The molecule has 7 nitrogen and oxygen atoms in total. The summed E-state index contributed by atoms with van der Waals surface area (Å²) in [6.45, 7) is 2.24. The van der Waals surface area contributed by atoms with E-state index < -0.39 is 0 Å². The van der Waals surface area contributed by atoms with Crippen LogP contribution in [0.4, 0.5) is 0 Å². The number of hydrogen-bond donors (Lipinski definition) is 2. The molecule has 3 aromatic heterocycles. The summed E-state index contributed by atoms with van der Waals surface area (Å²) >= 11 is 7.71. The molecule has 0 saturated carbocycles. The van der Waals surface area contributed by atoms with Crippen LogP contribution in [0.15, 0.2) is 45.3 Å². The molecule has 2 aliphatic heterocycles. The van der Waals surface area contributed by atoms with Crippen LogP contribution in [-0.4, -0.2) is 41.3 Å². The van der Waals surface area contributed by atoms with Gasteiger partial charge < -0.3 is 24.2 Å². The molecule has 2 N–H and O–H groups in total. The average molecular weight is 718 g/mol. The first-order valence-corrected chi connectivity index (χ1v) is 16.3. The van der Waals surface area contributed by atoms with Crippen molar-refractivity contribution in [2.45, 2.75) is 39.0 Å². The van der Waals surface area contributed by atoms with Crippen molar-refractivity contribution in [3.63, 3.8) is 0 Å². The molecule has 8 bridgehead atoms. The monoisotopic (exact) mass is 716 g/mol. The maximum Gasteiger partial charge on any atom is 0.134 e. The van der Waals surface area contributed by atoms with Crippen molar-refractivity contribution in [1.29, 1.82) is 0 Å². The van der Waals surface area contributed by atoms with E-state index in [1.54, 1.807) is 21.3 Å². The molecule has 1 aromatic carbocycles. The molecule has 6 rings (SSSR count). The minimum Gasteiger partial charge on any atom is -0.496 e. The van der Waals surface area contributed by atoms with Gasteiger partial charge in [0.15, 0.2) is 0 Å². The van der Waals surface area contributed by atoms with E-state index in [1.165, 1.54) is 24.8 Å². The molecule has 0 fully saturated rings. The number of H-pyrrole nitrogens is 2. The molecular formula is C35H34Br2N4O3. The number of fused-ring (bicyclic) bond motifs is 8. The van der Waals surface area contributed by atoms with Crippen LogP contribution in [0.25, 0.3) is 57.5 Å². The van der Waals surface area contributed by atoms with Crippen LogP contribution in [0.3, 0.4) is 0 Å². The molecule has 0 amide bonds. The lowest BCUT2D eigenvalue weighted by molar-refractivity contribution is 0.377. The van der Waals surface area contributed by atoms with Crippen LogP contribution >= 0.6 is 31.9 Å². The second kappa shape index (κ2) is 13.0. The molecule has 0 spiro atoms. The summed E-state index contributed by atoms with van der Waals surface area (Å²) in [6, 6.07) is 12.0. The van der Waals surface area contributed by atoms with Gasteiger partial charge in [0.2, 0.25) is 0 Å². The first kappa shape index (κ1) is 30.2. The van der Waals surface area contributed by atoms with Crippen molar-refractivity contribution in [2.75, 3.05) is 21.3 Å². The van der Waals surface area contributed by atoms with Gasteiger partial charge in [-0.1, -0.05) is 26.2 Å². The van der Waals surface area contributed by atoms with E-state index in [0.29, 0.717) is 17.2 Å². The van der Waals surface area contributed by atoms with Crippen molar-refractivity contribution in [3.05, 3.63) is 73.7 Å². The van der Waals surface area contributed by atoms with E-state index >= 15 is 0 Å². The number of aromatic amines is 2. The molecule has 9 heteroatoms. The van der Waals surface area contributed by atoms with Crippen molar-refractivity contribution in [3.8, 4) is 28.4 Å². The Hall–Kier alpha value is -3.82. The topological polar surface area (TPSA) is 85.0 Å². The van der Waals surface area contributed by atoms with Gasteiger partial charge in [-0.15, -0.1) is 0 Å². The van der Waals surface area contributed by atoms with Crippen LogP contribution in [-0.2, 0) is 6.42 Å². The van der Waals surface area contributed by atoms with E-state index in [4.69, 9.17) is 24.2 Å². The van der Waals surface area contributed by atoms with Gasteiger partial charge in [0.25, 0.3) is 0 Å². The summed E-state index contributed by atoms with van der Waals surface area (Å²) in [5, 5.41) is 0. The third kappa shape index (κ3) is 5.71. The third-order valence-corrected chi connectivity index (χ3v) is 9.64. The quantitative estimate of drug-likeness (QED) is 0.146. The zero-order valence-electron chi connectivity index (χ0n) is 25.2. The number of aromatic nitrogens is 4. The molecule has 0 saturated heterocycles. The number of nitrogens with zero attached hydrogens (tertiary/aromatic N) is 2. The normalized spacial score (nSPS) is 12.1. The number of ether oxygens (including phenoxy) is 3. The lowest BCUT2D eigenvalue weighted by Gasteiger charge is -2.15. The maximum atomic E-state index is 5.89. The average Bonchev–Trinajstić information content (AvgIpc) is 3.88. The summed E-state index contributed by atoms with van der Waals surface area (Å²) in [4.78, 5) is 17.4. The molecule has 44 heavy (non-hydrogen) atoms. The Morgan fingerprint density at radius 2 is 1.11 bits per heavy atom. The van der Waals surface area contributed by atoms with Crippen LogP contribution in [0, 0.1) is 0 Å². The number of hydrogen-bond acceptors (Lipinski definition) is 5. The van der Waals surface area contributed by atoms with Gasteiger partial charge in [0.05, 0.1) is 69.6 Å². The highest BCUT2D eigenvalue weighted by atomic mass is 79.9. The molecule has 0 radical (unpaired) electrons. The fraction of sp³-hybridized carbons (Fsp3) is 0.257. The summed E-state index contributed by atoms with van der Waals surface area (Å²) in [5.41, 5.74) is 10.0. The van der Waals surface area contributed by atoms with Crippen LogP contribution in [0.5, 0.6) is 17.2 Å². The summed E-state index contributed by atoms with van der Waals surface area (Å²) in [6.07, 6.45) is 14.0. The number of halogens is 2. The first-order valence-electron chi connectivity index (χ1n) is 14.7. The van der Waals surface area contributed by atoms with Gasteiger partial charge in [-0.2, -0.15) is 0 Å². The molecule has 0 atom stereocenters. The summed E-state index contributed by atoms with van der Waals surface area (Å²) in [7, 11) is 4.92. The molecular weight excluding hydrogens is 684 g/mol. The molecule has 226 valence electrons. The van der Waals surface area contributed by atoms with E-state index in [0.717, 1.165) is 77.8 Å². The fourth-order valence-electron chi connectivity index (χ4n) is 5.70. The molecule has 2 aliphatic rings. The standard InChI is InChI=1S/C35H34Br2N4O3/c1-5-6-7-8-9-21-22-10-14-26(38-22)34(36)28-16-12-24(40-28)32(33-30(43-3)18-20(42-2)19-31(33)44-4)25-13-17-29(41-25)35(37)27-15-11-23(21)39-27/h10-19,40-41H,5-9H2,1-4H3. The highest BCUT2D eigenvalue weighted by Gasteiger charge is 2.20. The summed E-state index contributed by atoms with van der Waals surface area (Å²) < 4.78 is 19.1. The highest BCUT2D eigenvalue weighted by Crippen LogP contribution is 2.45. The van der Waals surface area contributed by atoms with E-state index in [2.05, 4.69) is 97.3 Å². The first-order chi connectivity index (χ1) is 21.4. The Labute approximate surface area is 273 Å². The Kier molecular flexibility index (Phi) is 8.96. The number of benzene rings is 1. The molecule has 0 aliphatic carbocycles. The largest absolute Gasteiger partial charge is 0.496 e. The molecule has 0 unspecified atom stereocenters. The zero-order valence-corrected chi connectivity index (χ0v) is 28.4. The van der Waals surface area contributed by atoms with Gasteiger partial charge in [-0.3, -0.25) is 0 Å². The van der Waals surface area contributed by atoms with Gasteiger partial charge >= 0.3 is 0 Å². The van der Waals surface area contributed by atoms with E-state index in [9.17, 15) is 0 Å². The van der Waals surface area contributed by atoms with Crippen molar-refractivity contribution in [1.82, 2.24) is 19.9 Å². The maximum absolute atomic E-state index is 5.89. The lowest BCUT2D eigenvalue weighted by Crippen LogP contribution is -1.96. The second-order valence-corrected chi connectivity index (χ2v) is 12.3. The Morgan fingerprint density at radius 3 is 1.59 bits per heavy atom. The highest BCUT2D eigenvalue weighted by molar-refractivity contribution is 9.11. The van der Waals surface area contributed by atoms with Crippen LogP contribution in [0.2, 0.25) is 0 Å². The smallest absolute Gasteiger partial charge is 0.134 e. The minimum absolute atomic E-state index is 0.621. The van der Waals surface area contributed by atoms with E-state index in [-0.39, 0.29) is 0 Å². The Bertz CT molecular complexity index is 1830. The fourth-order valence-corrected chi connectivity index (χ4v) is 6.61. The number of rotatable bonds is 9. The van der Waals surface area contributed by atoms with E-state index in [1.807, 2.05) is 12.1 Å². The predicted molar refractivity (Wildman–Crippen MR) is 187 cm³/mol. The van der Waals surface area contributed by atoms with Crippen LogP contribution < -0.4 is 14.2 Å².